The Morgan fingerprint density at radius 1 is 1.00 bits per heavy atom. The molecule has 0 fully saturated rings. The molecule has 0 aliphatic carbocycles. The normalized spacial score (nSPS) is 13.2. The third-order valence-corrected chi connectivity index (χ3v) is 4.81. The van der Waals surface area contributed by atoms with Gasteiger partial charge in [-0.1, -0.05) is 23.9 Å². The van der Waals surface area contributed by atoms with Crippen molar-refractivity contribution in [1.29, 1.82) is 0 Å². The molecule has 0 unspecified atom stereocenters. The van der Waals surface area contributed by atoms with Crippen LogP contribution in [0, 0.1) is 11.6 Å². The van der Waals surface area contributed by atoms with Crippen LogP contribution in [-0.4, -0.2) is 21.4 Å². The lowest BCUT2D eigenvalue weighted by Crippen LogP contribution is -2.33. The molecule has 5 nitrogen and oxygen atoms in total. The molecule has 0 saturated heterocycles. The summed E-state index contributed by atoms with van der Waals surface area (Å²) in [7, 11) is 0. The van der Waals surface area contributed by atoms with E-state index in [2.05, 4.69) is 15.5 Å². The molecule has 2 aromatic carbocycles. The summed E-state index contributed by atoms with van der Waals surface area (Å²) in [5.74, 6) is -0.633. The van der Waals surface area contributed by atoms with E-state index in [1.165, 1.54) is 36.4 Å². The Bertz CT molecular complexity index is 913. The first-order valence-corrected chi connectivity index (χ1v) is 9.12. The van der Waals surface area contributed by atoms with Crippen LogP contribution in [0.5, 0.6) is 0 Å². The van der Waals surface area contributed by atoms with Crippen molar-refractivity contribution >= 4 is 17.7 Å². The maximum Gasteiger partial charge on any atom is 0.277 e. The molecule has 3 rings (SSSR count). The first-order valence-electron chi connectivity index (χ1n) is 8.24. The second kappa shape index (κ2) is 8.30. The SMILES string of the molecule is C[C@@H](Sc1nnc(-c2ccc(F)cc2)o1)C(=O)N[C@H](C)c1ccc(F)cc1. The van der Waals surface area contributed by atoms with Gasteiger partial charge < -0.3 is 9.73 Å². The fourth-order valence-electron chi connectivity index (χ4n) is 2.34. The van der Waals surface area contributed by atoms with Crippen LogP contribution in [0.4, 0.5) is 8.78 Å². The van der Waals surface area contributed by atoms with Crippen LogP contribution in [0.1, 0.15) is 25.5 Å². The number of hydrogen-bond donors (Lipinski definition) is 1. The topological polar surface area (TPSA) is 68.0 Å². The number of nitrogens with zero attached hydrogens (tertiary/aromatic N) is 2. The van der Waals surface area contributed by atoms with Crippen LogP contribution in [0.15, 0.2) is 58.2 Å². The van der Waals surface area contributed by atoms with Gasteiger partial charge in [0.05, 0.1) is 11.3 Å². The van der Waals surface area contributed by atoms with Gasteiger partial charge in [0.25, 0.3) is 5.22 Å². The number of amides is 1. The van der Waals surface area contributed by atoms with Gasteiger partial charge in [0, 0.05) is 5.56 Å². The molecular weight excluding hydrogens is 372 g/mol. The van der Waals surface area contributed by atoms with Gasteiger partial charge in [-0.05, 0) is 55.8 Å². The van der Waals surface area contributed by atoms with Gasteiger partial charge in [-0.3, -0.25) is 4.79 Å². The highest BCUT2D eigenvalue weighted by Crippen LogP contribution is 2.26. The second-order valence-corrected chi connectivity index (χ2v) is 7.21. The van der Waals surface area contributed by atoms with Crippen molar-refractivity contribution in [2.75, 3.05) is 0 Å². The lowest BCUT2D eigenvalue weighted by atomic mass is 10.1. The molecule has 140 valence electrons. The van der Waals surface area contributed by atoms with Crippen molar-refractivity contribution < 1.29 is 18.0 Å². The molecule has 3 aromatic rings. The van der Waals surface area contributed by atoms with Crippen LogP contribution >= 0.6 is 11.8 Å². The molecule has 1 amide bonds. The third kappa shape index (κ3) is 4.91. The maximum atomic E-state index is 13.0. The Kier molecular flexibility index (Phi) is 5.85. The number of aromatic nitrogens is 2. The third-order valence-electron chi connectivity index (χ3n) is 3.87. The fourth-order valence-corrected chi connectivity index (χ4v) is 3.03. The zero-order chi connectivity index (χ0) is 19.4. The van der Waals surface area contributed by atoms with Gasteiger partial charge in [-0.25, -0.2) is 8.78 Å². The average Bonchev–Trinajstić information content (AvgIpc) is 3.11. The van der Waals surface area contributed by atoms with E-state index in [9.17, 15) is 13.6 Å². The Morgan fingerprint density at radius 3 is 2.22 bits per heavy atom. The Morgan fingerprint density at radius 2 is 1.59 bits per heavy atom. The smallest absolute Gasteiger partial charge is 0.277 e. The van der Waals surface area contributed by atoms with Crippen molar-refractivity contribution in [3.63, 3.8) is 0 Å². The van der Waals surface area contributed by atoms with Gasteiger partial charge in [-0.2, -0.15) is 0 Å². The minimum absolute atomic E-state index is 0.210. The molecule has 0 aliphatic heterocycles. The number of benzene rings is 2. The van der Waals surface area contributed by atoms with Crippen molar-refractivity contribution in [1.82, 2.24) is 15.5 Å². The molecule has 0 radical (unpaired) electrons. The zero-order valence-corrected chi connectivity index (χ0v) is 15.5. The minimum atomic E-state index is -0.477. The molecule has 1 heterocycles. The number of thioether (sulfide) groups is 1. The summed E-state index contributed by atoms with van der Waals surface area (Å²) in [5, 5.41) is 10.5. The molecule has 1 aromatic heterocycles. The summed E-state index contributed by atoms with van der Waals surface area (Å²) >= 11 is 1.12. The van der Waals surface area contributed by atoms with Crippen LogP contribution < -0.4 is 5.32 Å². The zero-order valence-electron chi connectivity index (χ0n) is 14.6. The fraction of sp³-hybridized carbons (Fsp3) is 0.211. The van der Waals surface area contributed by atoms with Gasteiger partial charge >= 0.3 is 0 Å². The Hall–Kier alpha value is -2.74. The van der Waals surface area contributed by atoms with Crippen LogP contribution in [0.25, 0.3) is 11.5 Å². The van der Waals surface area contributed by atoms with Crippen LogP contribution in [0.3, 0.4) is 0 Å². The summed E-state index contributed by atoms with van der Waals surface area (Å²) in [4.78, 5) is 12.4. The number of carbonyl (C=O) groups is 1. The van der Waals surface area contributed by atoms with E-state index in [1.807, 2.05) is 6.92 Å². The number of halogens is 2. The van der Waals surface area contributed by atoms with Crippen molar-refractivity contribution in [2.24, 2.45) is 0 Å². The first kappa shape index (κ1) is 19.0. The molecule has 1 N–H and O–H groups in total. The predicted octanol–water partition coefficient (Wildman–Crippen LogP) is 4.37. The average molecular weight is 389 g/mol. The lowest BCUT2D eigenvalue weighted by molar-refractivity contribution is -0.120. The van der Waals surface area contributed by atoms with Gasteiger partial charge in [0.2, 0.25) is 11.8 Å². The molecule has 0 aliphatic rings. The number of hydrogen-bond acceptors (Lipinski definition) is 5. The van der Waals surface area contributed by atoms with E-state index < -0.39 is 5.25 Å². The van der Waals surface area contributed by atoms with E-state index in [1.54, 1.807) is 19.1 Å². The van der Waals surface area contributed by atoms with Gasteiger partial charge in [0.15, 0.2) is 0 Å². The number of nitrogens with one attached hydrogen (secondary N) is 1. The molecule has 27 heavy (non-hydrogen) atoms. The van der Waals surface area contributed by atoms with Crippen LogP contribution in [0.2, 0.25) is 0 Å². The van der Waals surface area contributed by atoms with Gasteiger partial charge in [-0.15, -0.1) is 10.2 Å². The first-order chi connectivity index (χ1) is 12.9. The van der Waals surface area contributed by atoms with E-state index in [0.717, 1.165) is 17.3 Å². The lowest BCUT2D eigenvalue weighted by Gasteiger charge is -2.16. The highest BCUT2D eigenvalue weighted by molar-refractivity contribution is 8.00. The Balaban J connectivity index is 1.59. The van der Waals surface area contributed by atoms with Crippen molar-refractivity contribution in [2.45, 2.75) is 30.4 Å². The highest BCUT2D eigenvalue weighted by atomic mass is 32.2. The molecule has 0 bridgehead atoms. The quantitative estimate of drug-likeness (QED) is 0.634. The molecule has 2 atom stereocenters. The summed E-state index contributed by atoms with van der Waals surface area (Å²) < 4.78 is 31.5. The highest BCUT2D eigenvalue weighted by Gasteiger charge is 2.20. The number of rotatable bonds is 6. The second-order valence-electron chi connectivity index (χ2n) is 5.92. The summed E-state index contributed by atoms with van der Waals surface area (Å²) in [6.07, 6.45) is 0. The predicted molar refractivity (Wildman–Crippen MR) is 98.0 cm³/mol. The molecule has 0 saturated carbocycles. The Labute approximate surface area is 159 Å². The maximum absolute atomic E-state index is 13.0. The van der Waals surface area contributed by atoms with E-state index in [0.29, 0.717) is 5.56 Å². The summed E-state index contributed by atoms with van der Waals surface area (Å²) in [6, 6.07) is 11.4. The van der Waals surface area contributed by atoms with Crippen LogP contribution in [-0.2, 0) is 4.79 Å². The summed E-state index contributed by atoms with van der Waals surface area (Å²) in [5.41, 5.74) is 1.40. The molecule has 0 spiro atoms. The number of carbonyl (C=O) groups excluding carboxylic acids is 1. The van der Waals surface area contributed by atoms with Crippen molar-refractivity contribution in [3.05, 3.63) is 65.7 Å². The van der Waals surface area contributed by atoms with E-state index >= 15 is 0 Å². The monoisotopic (exact) mass is 389 g/mol. The molecular formula is C19H17F2N3O2S. The van der Waals surface area contributed by atoms with Gasteiger partial charge in [0.1, 0.15) is 11.6 Å². The van der Waals surface area contributed by atoms with Crippen molar-refractivity contribution in [3.8, 4) is 11.5 Å². The largest absolute Gasteiger partial charge is 0.411 e. The molecule has 8 heteroatoms. The summed E-state index contributed by atoms with van der Waals surface area (Å²) in [6.45, 7) is 3.54. The minimum Gasteiger partial charge on any atom is -0.411 e. The van der Waals surface area contributed by atoms with E-state index in [4.69, 9.17) is 4.42 Å². The van der Waals surface area contributed by atoms with E-state index in [-0.39, 0.29) is 34.7 Å². The standard InChI is InChI=1S/C19H17F2N3O2S/c1-11(13-3-7-15(20)8-4-13)22-17(25)12(2)27-19-24-23-18(26-19)14-5-9-16(21)10-6-14/h3-12H,1-2H3,(H,22,25)/t11-,12-/m1/s1.